The van der Waals surface area contributed by atoms with E-state index in [1.54, 1.807) is 12.4 Å². The molecule has 0 radical (unpaired) electrons. The second kappa shape index (κ2) is 8.91. The largest absolute Gasteiger partial charge is 0.341 e. The molecule has 4 rings (SSSR count). The number of aromatic nitrogens is 5. The van der Waals surface area contributed by atoms with Crippen molar-refractivity contribution in [3.63, 3.8) is 0 Å². The number of amides is 1. The Morgan fingerprint density at radius 2 is 2.07 bits per heavy atom. The highest BCUT2D eigenvalue weighted by Crippen LogP contribution is 2.29. The molecule has 0 aromatic carbocycles. The van der Waals surface area contributed by atoms with Crippen LogP contribution < -0.4 is 0 Å². The summed E-state index contributed by atoms with van der Waals surface area (Å²) >= 11 is 1.40. The van der Waals surface area contributed by atoms with Crippen LogP contribution in [0.5, 0.6) is 0 Å². The van der Waals surface area contributed by atoms with Gasteiger partial charge >= 0.3 is 0 Å². The lowest BCUT2D eigenvalue weighted by atomic mass is 9.97. The van der Waals surface area contributed by atoms with E-state index in [4.69, 9.17) is 4.52 Å². The van der Waals surface area contributed by atoms with Crippen molar-refractivity contribution in [2.45, 2.75) is 49.9 Å². The fraction of sp³-hybridized carbons (Fsp3) is 0.429. The summed E-state index contributed by atoms with van der Waals surface area (Å²) in [5, 5.41) is 4.46. The van der Waals surface area contributed by atoms with Gasteiger partial charge in [-0.3, -0.25) is 9.78 Å². The number of nitrogens with zero attached hydrogens (tertiary/aromatic N) is 6. The first kappa shape index (κ1) is 20.5. The number of hydrogen-bond acceptors (Lipinski definition) is 8. The first-order valence-corrected chi connectivity index (χ1v) is 10.9. The Balaban J connectivity index is 1.42. The maximum Gasteiger partial charge on any atom is 0.235 e. The molecule has 3 aromatic rings. The second-order valence-electron chi connectivity index (χ2n) is 7.51. The fourth-order valence-corrected chi connectivity index (χ4v) is 4.56. The summed E-state index contributed by atoms with van der Waals surface area (Å²) in [5.41, 5.74) is 2.63. The summed E-state index contributed by atoms with van der Waals surface area (Å²) < 4.78 is 5.52. The molecule has 1 amide bonds. The third-order valence-corrected chi connectivity index (χ3v) is 5.98. The summed E-state index contributed by atoms with van der Waals surface area (Å²) in [7, 11) is 0. The zero-order valence-electron chi connectivity index (χ0n) is 17.3. The number of rotatable bonds is 5. The van der Waals surface area contributed by atoms with E-state index in [9.17, 15) is 4.79 Å². The van der Waals surface area contributed by atoms with E-state index in [1.165, 1.54) is 11.8 Å². The Kier molecular flexibility index (Phi) is 6.08. The number of pyridine rings is 1. The summed E-state index contributed by atoms with van der Waals surface area (Å²) in [6.45, 7) is 7.09. The Hall–Kier alpha value is -2.81. The molecule has 0 saturated carbocycles. The van der Waals surface area contributed by atoms with Gasteiger partial charge < -0.3 is 9.42 Å². The standard InChI is InChI=1S/C21H24N6O2S/c1-13-10-14(2)24-21(23-13)30-15(3)20(28)27-9-5-7-17(12-27)19-25-18(26-29-19)16-6-4-8-22-11-16/h4,6,8,10-11,15,17H,5,7,9,12H2,1-3H3/t15-,17-/m1/s1. The summed E-state index contributed by atoms with van der Waals surface area (Å²) in [6.07, 6.45) is 5.23. The van der Waals surface area contributed by atoms with E-state index in [0.717, 1.165) is 36.3 Å². The minimum Gasteiger partial charge on any atom is -0.341 e. The van der Waals surface area contributed by atoms with Crippen molar-refractivity contribution in [3.8, 4) is 11.4 Å². The molecular weight excluding hydrogens is 400 g/mol. The lowest BCUT2D eigenvalue weighted by molar-refractivity contribution is -0.131. The normalized spacial score (nSPS) is 17.7. The highest BCUT2D eigenvalue weighted by atomic mass is 32.2. The van der Waals surface area contributed by atoms with Gasteiger partial charge in [-0.1, -0.05) is 16.9 Å². The zero-order chi connectivity index (χ0) is 21.1. The molecular formula is C21H24N6O2S. The number of carbonyl (C=O) groups excluding carboxylic acids is 1. The molecule has 0 unspecified atom stereocenters. The van der Waals surface area contributed by atoms with Crippen LogP contribution in [-0.4, -0.2) is 54.2 Å². The SMILES string of the molecule is Cc1cc(C)nc(S[C@H](C)C(=O)N2CCC[C@@H](c3nc(-c4cccnc4)no3)C2)n1. The fourth-order valence-electron chi connectivity index (χ4n) is 3.60. The number of aryl methyl sites for hydroxylation is 2. The molecule has 156 valence electrons. The van der Waals surface area contributed by atoms with Crippen LogP contribution in [0.15, 0.2) is 40.3 Å². The van der Waals surface area contributed by atoms with Gasteiger partial charge in [0.2, 0.25) is 17.6 Å². The topological polar surface area (TPSA) is 97.9 Å². The van der Waals surface area contributed by atoms with E-state index < -0.39 is 0 Å². The number of likely N-dealkylation sites (tertiary alicyclic amines) is 1. The maximum atomic E-state index is 13.1. The van der Waals surface area contributed by atoms with Crippen molar-refractivity contribution in [1.82, 2.24) is 30.0 Å². The van der Waals surface area contributed by atoms with Gasteiger partial charge in [0.25, 0.3) is 0 Å². The van der Waals surface area contributed by atoms with Crippen LogP contribution in [0.2, 0.25) is 0 Å². The van der Waals surface area contributed by atoms with Crippen LogP contribution in [-0.2, 0) is 4.79 Å². The Bertz CT molecular complexity index is 1010. The minimum atomic E-state index is -0.265. The van der Waals surface area contributed by atoms with Gasteiger partial charge in [-0.15, -0.1) is 0 Å². The summed E-state index contributed by atoms with van der Waals surface area (Å²) in [5.74, 6) is 1.22. The number of carbonyl (C=O) groups is 1. The average molecular weight is 425 g/mol. The lowest BCUT2D eigenvalue weighted by Gasteiger charge is -2.32. The Labute approximate surface area is 179 Å². The van der Waals surface area contributed by atoms with Gasteiger partial charge in [0.1, 0.15) is 0 Å². The molecule has 9 heteroatoms. The molecule has 0 aliphatic carbocycles. The van der Waals surface area contributed by atoms with Gasteiger partial charge in [0, 0.05) is 42.4 Å². The monoisotopic (exact) mass is 424 g/mol. The third kappa shape index (κ3) is 4.67. The maximum absolute atomic E-state index is 13.1. The van der Waals surface area contributed by atoms with E-state index in [2.05, 4.69) is 25.1 Å². The molecule has 0 bridgehead atoms. The van der Waals surface area contributed by atoms with Gasteiger partial charge in [-0.2, -0.15) is 4.98 Å². The van der Waals surface area contributed by atoms with Gasteiger partial charge in [0.15, 0.2) is 5.16 Å². The van der Waals surface area contributed by atoms with Crippen molar-refractivity contribution in [1.29, 1.82) is 0 Å². The van der Waals surface area contributed by atoms with Crippen LogP contribution in [0.3, 0.4) is 0 Å². The average Bonchev–Trinajstić information content (AvgIpc) is 3.23. The van der Waals surface area contributed by atoms with E-state index >= 15 is 0 Å². The van der Waals surface area contributed by atoms with Crippen LogP contribution in [0.4, 0.5) is 0 Å². The molecule has 2 atom stereocenters. The van der Waals surface area contributed by atoms with Crippen molar-refractivity contribution in [2.24, 2.45) is 0 Å². The number of hydrogen-bond donors (Lipinski definition) is 0. The van der Waals surface area contributed by atoms with Crippen LogP contribution in [0.25, 0.3) is 11.4 Å². The van der Waals surface area contributed by atoms with Gasteiger partial charge in [-0.25, -0.2) is 9.97 Å². The summed E-state index contributed by atoms with van der Waals surface area (Å²) in [6, 6.07) is 5.66. The first-order valence-electron chi connectivity index (χ1n) is 10.0. The number of thioether (sulfide) groups is 1. The van der Waals surface area contributed by atoms with E-state index in [0.29, 0.717) is 23.4 Å². The Morgan fingerprint density at radius 3 is 2.80 bits per heavy atom. The van der Waals surface area contributed by atoms with Gasteiger partial charge in [0.05, 0.1) is 11.2 Å². The highest BCUT2D eigenvalue weighted by molar-refractivity contribution is 8.00. The van der Waals surface area contributed by atoms with E-state index in [-0.39, 0.29) is 17.1 Å². The first-order chi connectivity index (χ1) is 14.5. The molecule has 0 N–H and O–H groups in total. The summed E-state index contributed by atoms with van der Waals surface area (Å²) in [4.78, 5) is 32.5. The third-order valence-electron chi connectivity index (χ3n) is 5.04. The second-order valence-corrected chi connectivity index (χ2v) is 8.82. The molecule has 1 aliphatic rings. The zero-order valence-corrected chi connectivity index (χ0v) is 18.1. The number of piperidine rings is 1. The molecule has 4 heterocycles. The van der Waals surface area contributed by atoms with Crippen molar-refractivity contribution >= 4 is 17.7 Å². The quantitative estimate of drug-likeness (QED) is 0.454. The van der Waals surface area contributed by atoms with Crippen LogP contribution >= 0.6 is 11.8 Å². The minimum absolute atomic E-state index is 0.0373. The van der Waals surface area contributed by atoms with Crippen molar-refractivity contribution in [3.05, 3.63) is 47.9 Å². The highest BCUT2D eigenvalue weighted by Gasteiger charge is 2.31. The smallest absolute Gasteiger partial charge is 0.235 e. The van der Waals surface area contributed by atoms with E-state index in [1.807, 2.05) is 43.9 Å². The van der Waals surface area contributed by atoms with Gasteiger partial charge in [-0.05, 0) is 51.8 Å². The molecule has 30 heavy (non-hydrogen) atoms. The lowest BCUT2D eigenvalue weighted by Crippen LogP contribution is -2.42. The van der Waals surface area contributed by atoms with Crippen LogP contribution in [0.1, 0.15) is 43.0 Å². The molecule has 1 fully saturated rings. The van der Waals surface area contributed by atoms with Crippen molar-refractivity contribution in [2.75, 3.05) is 13.1 Å². The molecule has 1 aliphatic heterocycles. The van der Waals surface area contributed by atoms with Crippen LogP contribution in [0, 0.1) is 13.8 Å². The van der Waals surface area contributed by atoms with Crippen molar-refractivity contribution < 1.29 is 9.32 Å². The molecule has 1 saturated heterocycles. The molecule has 8 nitrogen and oxygen atoms in total. The predicted molar refractivity (Wildman–Crippen MR) is 113 cm³/mol. The molecule has 0 spiro atoms. The predicted octanol–water partition coefficient (Wildman–Crippen LogP) is 3.43. The molecule has 3 aromatic heterocycles. The Morgan fingerprint density at radius 1 is 1.27 bits per heavy atom.